The van der Waals surface area contributed by atoms with Crippen molar-refractivity contribution in [2.24, 2.45) is 0 Å². The number of H-pyrrole nitrogens is 1. The van der Waals surface area contributed by atoms with Gasteiger partial charge in [-0.05, 0) is 24.3 Å². The molecule has 0 atom stereocenters. The second-order valence-corrected chi connectivity index (χ2v) is 4.05. The highest BCUT2D eigenvalue weighted by Crippen LogP contribution is 2.23. The van der Waals surface area contributed by atoms with E-state index in [1.54, 1.807) is 12.1 Å². The molecule has 2 rings (SSSR count). The zero-order chi connectivity index (χ0) is 13.1. The Morgan fingerprint density at radius 1 is 1.28 bits per heavy atom. The molecule has 5 nitrogen and oxygen atoms in total. The fraction of sp³-hybridized carbons (Fsp3) is 0. The first-order valence-corrected chi connectivity index (χ1v) is 5.50. The fourth-order valence-corrected chi connectivity index (χ4v) is 1.58. The van der Waals surface area contributed by atoms with Gasteiger partial charge in [-0.3, -0.25) is 9.59 Å². The largest absolute Gasteiger partial charge is 0.397 e. The van der Waals surface area contributed by atoms with E-state index in [-0.39, 0.29) is 11.3 Å². The van der Waals surface area contributed by atoms with Gasteiger partial charge in [0.25, 0.3) is 5.91 Å². The van der Waals surface area contributed by atoms with E-state index in [1.165, 1.54) is 24.3 Å². The quantitative estimate of drug-likeness (QED) is 0.723. The average Bonchev–Trinajstić information content (AvgIpc) is 2.34. The number of nitrogens with one attached hydrogen (secondary N) is 2. The first kappa shape index (κ1) is 12.2. The maximum Gasteiger partial charge on any atom is 0.272 e. The molecule has 0 fully saturated rings. The SMILES string of the molecule is Nc1ccc(Cl)cc1NC(=O)c1cccc(=O)[nH]1. The van der Waals surface area contributed by atoms with Crippen LogP contribution in [0.15, 0.2) is 41.2 Å². The summed E-state index contributed by atoms with van der Waals surface area (Å²) in [4.78, 5) is 25.4. The molecule has 1 aromatic carbocycles. The smallest absolute Gasteiger partial charge is 0.272 e. The van der Waals surface area contributed by atoms with Crippen LogP contribution < -0.4 is 16.6 Å². The number of aromatic amines is 1. The molecule has 2 aromatic rings. The monoisotopic (exact) mass is 263 g/mol. The molecule has 4 N–H and O–H groups in total. The number of hydrogen-bond donors (Lipinski definition) is 3. The van der Waals surface area contributed by atoms with Gasteiger partial charge in [0.15, 0.2) is 0 Å². The van der Waals surface area contributed by atoms with Gasteiger partial charge < -0.3 is 16.0 Å². The third-order valence-electron chi connectivity index (χ3n) is 2.28. The number of nitrogens with two attached hydrogens (primary N) is 1. The van der Waals surface area contributed by atoms with Crippen molar-refractivity contribution in [2.75, 3.05) is 11.1 Å². The minimum atomic E-state index is -0.457. The summed E-state index contributed by atoms with van der Waals surface area (Å²) in [5.74, 6) is -0.457. The summed E-state index contributed by atoms with van der Waals surface area (Å²) in [6.45, 7) is 0. The summed E-state index contributed by atoms with van der Waals surface area (Å²) in [5.41, 5.74) is 6.30. The Labute approximate surface area is 108 Å². The molecule has 0 aliphatic carbocycles. The summed E-state index contributed by atoms with van der Waals surface area (Å²) in [6, 6.07) is 9.07. The molecule has 1 aromatic heterocycles. The average molecular weight is 264 g/mol. The van der Waals surface area contributed by atoms with Crippen molar-refractivity contribution >= 4 is 28.9 Å². The van der Waals surface area contributed by atoms with Gasteiger partial charge in [0.1, 0.15) is 5.69 Å². The molecule has 0 aliphatic heterocycles. The number of aromatic nitrogens is 1. The van der Waals surface area contributed by atoms with Crippen LogP contribution in [0.3, 0.4) is 0 Å². The predicted octanol–water partition coefficient (Wildman–Crippen LogP) is 1.86. The van der Waals surface area contributed by atoms with Crippen LogP contribution in [-0.4, -0.2) is 10.9 Å². The lowest BCUT2D eigenvalue weighted by atomic mass is 10.2. The Kier molecular flexibility index (Phi) is 3.34. The van der Waals surface area contributed by atoms with E-state index in [0.29, 0.717) is 16.4 Å². The first-order valence-electron chi connectivity index (χ1n) is 5.12. The molecule has 18 heavy (non-hydrogen) atoms. The zero-order valence-corrected chi connectivity index (χ0v) is 9.99. The maximum absolute atomic E-state index is 11.8. The van der Waals surface area contributed by atoms with Gasteiger partial charge in [-0.1, -0.05) is 17.7 Å². The number of pyridine rings is 1. The minimum absolute atomic E-state index is 0.155. The number of rotatable bonds is 2. The van der Waals surface area contributed by atoms with E-state index in [4.69, 9.17) is 17.3 Å². The molecular weight excluding hydrogens is 254 g/mol. The van der Waals surface area contributed by atoms with Crippen LogP contribution in [0.25, 0.3) is 0 Å². The molecule has 92 valence electrons. The van der Waals surface area contributed by atoms with Crippen LogP contribution in [0.1, 0.15) is 10.5 Å². The van der Waals surface area contributed by atoms with Gasteiger partial charge in [0, 0.05) is 11.1 Å². The number of hydrogen-bond acceptors (Lipinski definition) is 3. The van der Waals surface area contributed by atoms with Gasteiger partial charge in [-0.15, -0.1) is 0 Å². The van der Waals surface area contributed by atoms with E-state index in [1.807, 2.05) is 0 Å². The fourth-order valence-electron chi connectivity index (χ4n) is 1.41. The van der Waals surface area contributed by atoms with Crippen LogP contribution in [0.5, 0.6) is 0 Å². The highest BCUT2D eigenvalue weighted by Gasteiger charge is 2.09. The Hall–Kier alpha value is -2.27. The van der Waals surface area contributed by atoms with Crippen molar-refractivity contribution in [2.45, 2.75) is 0 Å². The van der Waals surface area contributed by atoms with Crippen molar-refractivity contribution in [1.82, 2.24) is 4.98 Å². The van der Waals surface area contributed by atoms with Crippen molar-refractivity contribution < 1.29 is 4.79 Å². The molecule has 1 heterocycles. The topological polar surface area (TPSA) is 88.0 Å². The maximum atomic E-state index is 11.8. The molecule has 6 heteroatoms. The van der Waals surface area contributed by atoms with Crippen LogP contribution in [0, 0.1) is 0 Å². The third kappa shape index (κ3) is 2.70. The Morgan fingerprint density at radius 3 is 2.78 bits per heavy atom. The molecule has 1 amide bonds. The van der Waals surface area contributed by atoms with Gasteiger partial charge >= 0.3 is 0 Å². The molecule has 0 saturated carbocycles. The molecule has 0 bridgehead atoms. The number of carbonyl (C=O) groups excluding carboxylic acids is 1. The number of nitrogen functional groups attached to an aromatic ring is 1. The minimum Gasteiger partial charge on any atom is -0.397 e. The number of benzene rings is 1. The molecular formula is C12H10ClN3O2. The number of amides is 1. The van der Waals surface area contributed by atoms with Crippen molar-refractivity contribution in [3.63, 3.8) is 0 Å². The molecule has 0 radical (unpaired) electrons. The third-order valence-corrected chi connectivity index (χ3v) is 2.51. The summed E-state index contributed by atoms with van der Waals surface area (Å²) in [7, 11) is 0. The normalized spacial score (nSPS) is 10.1. The van der Waals surface area contributed by atoms with Gasteiger partial charge in [-0.25, -0.2) is 0 Å². The number of carbonyl (C=O) groups is 1. The van der Waals surface area contributed by atoms with Crippen molar-refractivity contribution in [3.05, 3.63) is 57.5 Å². The summed E-state index contributed by atoms with van der Waals surface area (Å²) in [5, 5.41) is 3.04. The predicted molar refractivity (Wildman–Crippen MR) is 70.9 cm³/mol. The summed E-state index contributed by atoms with van der Waals surface area (Å²) in [6.07, 6.45) is 0. The Morgan fingerprint density at radius 2 is 2.06 bits per heavy atom. The standard InChI is InChI=1S/C12H10ClN3O2/c13-7-4-5-8(14)10(6-7)16-12(18)9-2-1-3-11(17)15-9/h1-6H,14H2,(H,15,17)(H,16,18). The van der Waals surface area contributed by atoms with E-state index in [2.05, 4.69) is 10.3 Å². The highest BCUT2D eigenvalue weighted by molar-refractivity contribution is 6.31. The van der Waals surface area contributed by atoms with E-state index in [9.17, 15) is 9.59 Å². The summed E-state index contributed by atoms with van der Waals surface area (Å²) < 4.78 is 0. The van der Waals surface area contributed by atoms with E-state index < -0.39 is 5.91 Å². The van der Waals surface area contributed by atoms with Crippen LogP contribution >= 0.6 is 11.6 Å². The number of halogens is 1. The second kappa shape index (κ2) is 4.93. The van der Waals surface area contributed by atoms with Gasteiger partial charge in [0.2, 0.25) is 5.56 Å². The molecule has 0 unspecified atom stereocenters. The second-order valence-electron chi connectivity index (χ2n) is 3.61. The van der Waals surface area contributed by atoms with Crippen molar-refractivity contribution in [3.8, 4) is 0 Å². The lowest BCUT2D eigenvalue weighted by Crippen LogP contribution is -2.18. The van der Waals surface area contributed by atoms with Crippen LogP contribution in [0.2, 0.25) is 5.02 Å². The van der Waals surface area contributed by atoms with E-state index >= 15 is 0 Å². The van der Waals surface area contributed by atoms with Crippen LogP contribution in [-0.2, 0) is 0 Å². The van der Waals surface area contributed by atoms with Crippen molar-refractivity contribution in [1.29, 1.82) is 0 Å². The van der Waals surface area contributed by atoms with Crippen LogP contribution in [0.4, 0.5) is 11.4 Å². The first-order chi connectivity index (χ1) is 8.56. The summed E-state index contributed by atoms with van der Waals surface area (Å²) >= 11 is 5.81. The Balaban J connectivity index is 2.26. The van der Waals surface area contributed by atoms with Gasteiger partial charge in [-0.2, -0.15) is 0 Å². The van der Waals surface area contributed by atoms with Gasteiger partial charge in [0.05, 0.1) is 11.4 Å². The number of anilines is 2. The van der Waals surface area contributed by atoms with E-state index in [0.717, 1.165) is 0 Å². The molecule has 0 aliphatic rings. The lowest BCUT2D eigenvalue weighted by molar-refractivity contribution is 0.102. The highest BCUT2D eigenvalue weighted by atomic mass is 35.5. The lowest BCUT2D eigenvalue weighted by Gasteiger charge is -2.08. The molecule has 0 saturated heterocycles. The molecule has 0 spiro atoms. The Bertz CT molecular complexity index is 652. The zero-order valence-electron chi connectivity index (χ0n) is 9.24.